The molecule has 0 bridgehead atoms. The zero-order valence-electron chi connectivity index (χ0n) is 7.57. The van der Waals surface area contributed by atoms with E-state index in [9.17, 15) is 4.79 Å². The molecule has 0 saturated carbocycles. The van der Waals surface area contributed by atoms with Crippen LogP contribution in [0.1, 0.15) is 26.0 Å². The standard InChI is InChI=1S/C8H11N3OS/c1-3-8(12)11-10-6(2)7-4-13-5-9-7/h4-5H,3H2,1-2H3,(H,11,12)/b10-6+. The molecular weight excluding hydrogens is 186 g/mol. The third kappa shape index (κ3) is 2.95. The molecule has 1 aromatic rings. The van der Waals surface area contributed by atoms with Gasteiger partial charge in [-0.3, -0.25) is 4.79 Å². The molecule has 1 rings (SSSR count). The van der Waals surface area contributed by atoms with Gasteiger partial charge in [0.2, 0.25) is 5.91 Å². The number of hydrogen-bond donors (Lipinski definition) is 1. The summed E-state index contributed by atoms with van der Waals surface area (Å²) in [5.41, 5.74) is 5.70. The lowest BCUT2D eigenvalue weighted by molar-refractivity contribution is -0.120. The Morgan fingerprint density at radius 2 is 2.54 bits per heavy atom. The van der Waals surface area contributed by atoms with Crippen molar-refractivity contribution in [1.82, 2.24) is 10.4 Å². The van der Waals surface area contributed by atoms with Gasteiger partial charge < -0.3 is 0 Å². The average molecular weight is 197 g/mol. The van der Waals surface area contributed by atoms with Gasteiger partial charge in [-0.15, -0.1) is 11.3 Å². The van der Waals surface area contributed by atoms with Gasteiger partial charge in [0.05, 0.1) is 16.9 Å². The van der Waals surface area contributed by atoms with E-state index in [-0.39, 0.29) is 5.91 Å². The van der Waals surface area contributed by atoms with E-state index in [2.05, 4.69) is 15.5 Å². The topological polar surface area (TPSA) is 54.4 Å². The van der Waals surface area contributed by atoms with Gasteiger partial charge in [0.25, 0.3) is 0 Å². The van der Waals surface area contributed by atoms with Gasteiger partial charge >= 0.3 is 0 Å². The maximum atomic E-state index is 10.8. The second-order valence-electron chi connectivity index (χ2n) is 2.46. The molecule has 0 aliphatic heterocycles. The number of carbonyl (C=O) groups is 1. The van der Waals surface area contributed by atoms with E-state index in [0.717, 1.165) is 11.4 Å². The third-order valence-electron chi connectivity index (χ3n) is 1.47. The summed E-state index contributed by atoms with van der Waals surface area (Å²) in [6.45, 7) is 3.59. The molecule has 0 aliphatic carbocycles. The highest BCUT2D eigenvalue weighted by atomic mass is 32.1. The Kier molecular flexibility index (Phi) is 3.57. The fraction of sp³-hybridized carbons (Fsp3) is 0.375. The highest BCUT2D eigenvalue weighted by Gasteiger charge is 1.99. The van der Waals surface area contributed by atoms with Gasteiger partial charge in [-0.05, 0) is 6.92 Å². The van der Waals surface area contributed by atoms with Crippen molar-refractivity contribution in [2.45, 2.75) is 20.3 Å². The van der Waals surface area contributed by atoms with Crippen LogP contribution in [0.5, 0.6) is 0 Å². The number of hydrazone groups is 1. The van der Waals surface area contributed by atoms with Crippen LogP contribution >= 0.6 is 11.3 Å². The number of nitrogens with one attached hydrogen (secondary N) is 1. The molecule has 0 atom stereocenters. The van der Waals surface area contributed by atoms with Crippen molar-refractivity contribution in [3.8, 4) is 0 Å². The summed E-state index contributed by atoms with van der Waals surface area (Å²) in [7, 11) is 0. The molecule has 1 aromatic heterocycles. The maximum absolute atomic E-state index is 10.8. The largest absolute Gasteiger partial charge is 0.273 e. The minimum Gasteiger partial charge on any atom is -0.273 e. The van der Waals surface area contributed by atoms with Crippen molar-refractivity contribution in [2.75, 3.05) is 0 Å². The van der Waals surface area contributed by atoms with E-state index in [4.69, 9.17) is 0 Å². The molecule has 1 amide bonds. The minimum absolute atomic E-state index is 0.0884. The Bertz CT molecular complexity index is 305. The van der Waals surface area contributed by atoms with Crippen molar-refractivity contribution in [3.63, 3.8) is 0 Å². The average Bonchev–Trinajstić information content (AvgIpc) is 2.66. The van der Waals surface area contributed by atoms with Crippen LogP contribution in [0.2, 0.25) is 0 Å². The van der Waals surface area contributed by atoms with Crippen molar-refractivity contribution in [2.24, 2.45) is 5.10 Å². The number of thiazole rings is 1. The summed E-state index contributed by atoms with van der Waals surface area (Å²) >= 11 is 1.50. The fourth-order valence-electron chi connectivity index (χ4n) is 0.674. The van der Waals surface area contributed by atoms with Crippen molar-refractivity contribution < 1.29 is 4.79 Å². The number of hydrogen-bond acceptors (Lipinski definition) is 4. The number of aromatic nitrogens is 1. The van der Waals surface area contributed by atoms with Crippen LogP contribution in [-0.2, 0) is 4.79 Å². The van der Waals surface area contributed by atoms with Gasteiger partial charge in [-0.1, -0.05) is 6.92 Å². The lowest BCUT2D eigenvalue weighted by atomic mass is 10.3. The van der Waals surface area contributed by atoms with Crippen LogP contribution in [0.3, 0.4) is 0 Å². The van der Waals surface area contributed by atoms with Crippen LogP contribution in [-0.4, -0.2) is 16.6 Å². The Balaban J connectivity index is 2.57. The van der Waals surface area contributed by atoms with E-state index >= 15 is 0 Å². The highest BCUT2D eigenvalue weighted by molar-refractivity contribution is 7.07. The number of nitrogens with zero attached hydrogens (tertiary/aromatic N) is 2. The van der Waals surface area contributed by atoms with Crippen LogP contribution < -0.4 is 5.43 Å². The van der Waals surface area contributed by atoms with E-state index in [1.165, 1.54) is 11.3 Å². The smallest absolute Gasteiger partial charge is 0.239 e. The number of amides is 1. The Labute approximate surface area is 80.7 Å². The maximum Gasteiger partial charge on any atom is 0.239 e. The second kappa shape index (κ2) is 4.71. The number of rotatable bonds is 3. The van der Waals surface area contributed by atoms with Crippen LogP contribution in [0.4, 0.5) is 0 Å². The molecule has 70 valence electrons. The van der Waals surface area contributed by atoms with Gasteiger partial charge in [-0.25, -0.2) is 10.4 Å². The van der Waals surface area contributed by atoms with E-state index in [1.54, 1.807) is 12.4 Å². The normalized spacial score (nSPS) is 11.4. The zero-order valence-corrected chi connectivity index (χ0v) is 8.39. The lowest BCUT2D eigenvalue weighted by Crippen LogP contribution is -2.17. The highest BCUT2D eigenvalue weighted by Crippen LogP contribution is 2.01. The summed E-state index contributed by atoms with van der Waals surface area (Å²) in [6, 6.07) is 0. The van der Waals surface area contributed by atoms with Crippen molar-refractivity contribution in [3.05, 3.63) is 16.6 Å². The Morgan fingerprint density at radius 1 is 1.77 bits per heavy atom. The molecule has 0 radical (unpaired) electrons. The van der Waals surface area contributed by atoms with Gasteiger partial charge in [0.15, 0.2) is 0 Å². The van der Waals surface area contributed by atoms with Crippen molar-refractivity contribution >= 4 is 23.0 Å². The molecule has 0 spiro atoms. The summed E-state index contributed by atoms with van der Waals surface area (Å²) in [5.74, 6) is -0.0884. The summed E-state index contributed by atoms with van der Waals surface area (Å²) in [4.78, 5) is 14.9. The first-order valence-electron chi connectivity index (χ1n) is 3.95. The summed E-state index contributed by atoms with van der Waals surface area (Å²) in [5, 5.41) is 5.78. The Morgan fingerprint density at radius 3 is 3.08 bits per heavy atom. The molecule has 1 heterocycles. The van der Waals surface area contributed by atoms with Crippen molar-refractivity contribution in [1.29, 1.82) is 0 Å². The lowest BCUT2D eigenvalue weighted by Gasteiger charge is -1.97. The first-order valence-corrected chi connectivity index (χ1v) is 4.90. The zero-order chi connectivity index (χ0) is 9.68. The molecule has 0 saturated heterocycles. The van der Waals surface area contributed by atoms with E-state index in [0.29, 0.717) is 6.42 Å². The molecule has 13 heavy (non-hydrogen) atoms. The second-order valence-corrected chi connectivity index (χ2v) is 3.18. The molecule has 0 fully saturated rings. The van der Waals surface area contributed by atoms with Crippen LogP contribution in [0.25, 0.3) is 0 Å². The first kappa shape index (κ1) is 9.85. The minimum atomic E-state index is -0.0884. The quantitative estimate of drug-likeness (QED) is 0.588. The van der Waals surface area contributed by atoms with E-state index < -0.39 is 0 Å². The van der Waals surface area contributed by atoms with Crippen LogP contribution in [0.15, 0.2) is 16.0 Å². The third-order valence-corrected chi connectivity index (χ3v) is 2.06. The van der Waals surface area contributed by atoms with Gasteiger partial charge in [0, 0.05) is 11.8 Å². The predicted octanol–water partition coefficient (Wildman–Crippen LogP) is 1.39. The molecule has 0 aliphatic rings. The number of carbonyl (C=O) groups excluding carboxylic acids is 1. The molecule has 5 heteroatoms. The molecule has 0 unspecified atom stereocenters. The van der Waals surface area contributed by atoms with Crippen LogP contribution in [0, 0.1) is 0 Å². The predicted molar refractivity (Wildman–Crippen MR) is 52.8 cm³/mol. The summed E-state index contributed by atoms with van der Waals surface area (Å²) in [6.07, 6.45) is 0.438. The molecule has 4 nitrogen and oxygen atoms in total. The van der Waals surface area contributed by atoms with Gasteiger partial charge in [-0.2, -0.15) is 5.10 Å². The molecular formula is C8H11N3OS. The van der Waals surface area contributed by atoms with E-state index in [1.807, 2.05) is 12.3 Å². The summed E-state index contributed by atoms with van der Waals surface area (Å²) < 4.78 is 0. The first-order chi connectivity index (χ1) is 6.24. The van der Waals surface area contributed by atoms with Gasteiger partial charge in [0.1, 0.15) is 0 Å². The molecule has 0 aromatic carbocycles. The fourth-order valence-corrected chi connectivity index (χ4v) is 1.27. The SMILES string of the molecule is CCC(=O)N/N=C(\C)c1cscn1. The monoisotopic (exact) mass is 197 g/mol. The Hall–Kier alpha value is -1.23. The molecule has 1 N–H and O–H groups in total.